The Kier molecular flexibility index (Phi) is 6.27. The van der Waals surface area contributed by atoms with Gasteiger partial charge >= 0.3 is 5.97 Å². The van der Waals surface area contributed by atoms with E-state index in [0.29, 0.717) is 12.0 Å². The van der Waals surface area contributed by atoms with Crippen molar-refractivity contribution < 1.29 is 14.3 Å². The summed E-state index contributed by atoms with van der Waals surface area (Å²) in [5.41, 5.74) is 7.34. The van der Waals surface area contributed by atoms with E-state index in [2.05, 4.69) is 16.2 Å². The lowest BCUT2D eigenvalue weighted by Crippen LogP contribution is -2.47. The number of hydrogen-bond acceptors (Lipinski definition) is 5. The standard InChI is InChI=1S/C20H29N3O3/c1-13(2)26-18(24)12-17(14-8-4-3-5-9-14)21-20(25)19-15-10-6-7-11-16(15)22-23-19/h3-5,8-9,13,15-17,19,22-23H,6-7,10-12H2,1-2H3,(H,21,25). The first-order valence-corrected chi connectivity index (χ1v) is 9.60. The summed E-state index contributed by atoms with van der Waals surface area (Å²) in [6.45, 7) is 3.65. The zero-order valence-electron chi connectivity index (χ0n) is 15.5. The highest BCUT2D eigenvalue weighted by Gasteiger charge is 2.41. The van der Waals surface area contributed by atoms with E-state index >= 15 is 0 Å². The maximum Gasteiger partial charge on any atom is 0.308 e. The lowest BCUT2D eigenvalue weighted by Gasteiger charge is -2.28. The fraction of sp³-hybridized carbons (Fsp3) is 0.600. The molecule has 3 N–H and O–H groups in total. The molecule has 4 unspecified atom stereocenters. The molecule has 2 aliphatic rings. The van der Waals surface area contributed by atoms with Gasteiger partial charge in [0.05, 0.1) is 18.6 Å². The number of hydrogen-bond donors (Lipinski definition) is 3. The number of esters is 1. The SMILES string of the molecule is CC(C)OC(=O)CC(NC(=O)C1NNC2CCCCC21)c1ccccc1. The Labute approximate surface area is 155 Å². The molecule has 3 rings (SSSR count). The van der Waals surface area contributed by atoms with Crippen LogP contribution in [0.2, 0.25) is 0 Å². The van der Waals surface area contributed by atoms with E-state index in [1.54, 1.807) is 0 Å². The maximum absolute atomic E-state index is 12.9. The lowest BCUT2D eigenvalue weighted by atomic mass is 9.81. The molecule has 142 valence electrons. The molecule has 1 aromatic carbocycles. The summed E-state index contributed by atoms with van der Waals surface area (Å²) in [5, 5.41) is 3.07. The largest absolute Gasteiger partial charge is 0.463 e. The van der Waals surface area contributed by atoms with Crippen molar-refractivity contribution in [2.24, 2.45) is 5.92 Å². The summed E-state index contributed by atoms with van der Waals surface area (Å²) < 4.78 is 5.28. The molecular weight excluding hydrogens is 330 g/mol. The van der Waals surface area contributed by atoms with E-state index < -0.39 is 0 Å². The number of amides is 1. The van der Waals surface area contributed by atoms with Crippen LogP contribution in [0.15, 0.2) is 30.3 Å². The van der Waals surface area contributed by atoms with Gasteiger partial charge in [-0.25, -0.2) is 5.43 Å². The molecule has 1 saturated carbocycles. The van der Waals surface area contributed by atoms with Gasteiger partial charge in [0.15, 0.2) is 0 Å². The monoisotopic (exact) mass is 359 g/mol. The van der Waals surface area contributed by atoms with Crippen molar-refractivity contribution >= 4 is 11.9 Å². The average Bonchev–Trinajstić information content (AvgIpc) is 3.05. The van der Waals surface area contributed by atoms with E-state index in [4.69, 9.17) is 4.74 Å². The zero-order valence-corrected chi connectivity index (χ0v) is 15.5. The molecule has 4 atom stereocenters. The van der Waals surface area contributed by atoms with Crippen LogP contribution in [-0.4, -0.2) is 30.1 Å². The Bertz CT molecular complexity index is 620. The minimum absolute atomic E-state index is 0.0573. The van der Waals surface area contributed by atoms with Gasteiger partial charge < -0.3 is 10.1 Å². The van der Waals surface area contributed by atoms with Crippen molar-refractivity contribution in [2.45, 2.75) is 70.2 Å². The third kappa shape index (κ3) is 4.62. The van der Waals surface area contributed by atoms with Gasteiger partial charge in [0.2, 0.25) is 5.91 Å². The van der Waals surface area contributed by atoms with Crippen LogP contribution in [0.1, 0.15) is 57.6 Å². The highest BCUT2D eigenvalue weighted by atomic mass is 16.5. The number of nitrogens with one attached hydrogen (secondary N) is 3. The molecule has 0 spiro atoms. The summed E-state index contributed by atoms with van der Waals surface area (Å²) in [4.78, 5) is 25.1. The fourth-order valence-electron chi connectivity index (χ4n) is 3.98. The smallest absolute Gasteiger partial charge is 0.308 e. The van der Waals surface area contributed by atoms with Gasteiger partial charge in [0.25, 0.3) is 0 Å². The summed E-state index contributed by atoms with van der Waals surface area (Å²) in [6, 6.07) is 9.31. The highest BCUT2D eigenvalue weighted by Crippen LogP contribution is 2.30. The average molecular weight is 359 g/mol. The van der Waals surface area contributed by atoms with Crippen LogP contribution in [0.25, 0.3) is 0 Å². The van der Waals surface area contributed by atoms with Gasteiger partial charge in [-0.15, -0.1) is 0 Å². The Morgan fingerprint density at radius 2 is 1.88 bits per heavy atom. The number of rotatable bonds is 6. The van der Waals surface area contributed by atoms with Crippen LogP contribution < -0.4 is 16.2 Å². The second-order valence-electron chi connectivity index (χ2n) is 7.54. The lowest BCUT2D eigenvalue weighted by molar-refractivity contribution is -0.148. The quantitative estimate of drug-likeness (QED) is 0.679. The molecule has 1 aromatic rings. The summed E-state index contributed by atoms with van der Waals surface area (Å²) in [7, 11) is 0. The van der Waals surface area contributed by atoms with Gasteiger partial charge in [-0.05, 0) is 32.3 Å². The van der Waals surface area contributed by atoms with Gasteiger partial charge in [-0.1, -0.05) is 43.2 Å². The normalized spacial score (nSPS) is 26.2. The van der Waals surface area contributed by atoms with Crippen molar-refractivity contribution in [3.63, 3.8) is 0 Å². The summed E-state index contributed by atoms with van der Waals surface area (Å²) in [5.74, 6) is -0.0527. The molecule has 1 aliphatic heterocycles. The van der Waals surface area contributed by atoms with Crippen molar-refractivity contribution in [3.05, 3.63) is 35.9 Å². The van der Waals surface area contributed by atoms with Crippen LogP contribution in [0.5, 0.6) is 0 Å². The first-order valence-electron chi connectivity index (χ1n) is 9.60. The number of carbonyl (C=O) groups is 2. The number of ether oxygens (including phenoxy) is 1. The zero-order chi connectivity index (χ0) is 18.5. The fourth-order valence-corrected chi connectivity index (χ4v) is 3.98. The molecule has 6 heteroatoms. The Morgan fingerprint density at radius 3 is 2.62 bits per heavy atom. The topological polar surface area (TPSA) is 79.5 Å². The maximum atomic E-state index is 12.9. The molecule has 2 fully saturated rings. The minimum Gasteiger partial charge on any atom is -0.463 e. The molecule has 26 heavy (non-hydrogen) atoms. The van der Waals surface area contributed by atoms with E-state index in [1.807, 2.05) is 44.2 Å². The molecule has 6 nitrogen and oxygen atoms in total. The second-order valence-corrected chi connectivity index (χ2v) is 7.54. The first kappa shape index (κ1) is 18.9. The minimum atomic E-state index is -0.389. The Hall–Kier alpha value is -1.92. The van der Waals surface area contributed by atoms with Crippen molar-refractivity contribution in [1.82, 2.24) is 16.2 Å². The van der Waals surface area contributed by atoms with Crippen LogP contribution in [0.3, 0.4) is 0 Å². The number of carbonyl (C=O) groups excluding carboxylic acids is 2. The van der Waals surface area contributed by atoms with Crippen LogP contribution in [0.4, 0.5) is 0 Å². The van der Waals surface area contributed by atoms with Gasteiger partial charge in [-0.2, -0.15) is 0 Å². The van der Waals surface area contributed by atoms with Crippen molar-refractivity contribution in [2.75, 3.05) is 0 Å². The van der Waals surface area contributed by atoms with E-state index in [0.717, 1.165) is 24.8 Å². The van der Waals surface area contributed by atoms with Gasteiger partial charge in [0.1, 0.15) is 6.04 Å². The molecule has 0 radical (unpaired) electrons. The molecule has 0 bridgehead atoms. The van der Waals surface area contributed by atoms with E-state index in [1.165, 1.54) is 6.42 Å². The van der Waals surface area contributed by atoms with Crippen LogP contribution >= 0.6 is 0 Å². The Morgan fingerprint density at radius 1 is 1.15 bits per heavy atom. The highest BCUT2D eigenvalue weighted by molar-refractivity contribution is 5.83. The summed E-state index contributed by atoms with van der Waals surface area (Å²) in [6.07, 6.45) is 4.48. The third-order valence-electron chi connectivity index (χ3n) is 5.21. The van der Waals surface area contributed by atoms with Gasteiger partial charge in [0, 0.05) is 12.0 Å². The van der Waals surface area contributed by atoms with Crippen molar-refractivity contribution in [3.8, 4) is 0 Å². The van der Waals surface area contributed by atoms with Gasteiger partial charge in [-0.3, -0.25) is 15.0 Å². The van der Waals surface area contributed by atoms with Crippen molar-refractivity contribution in [1.29, 1.82) is 0 Å². The molecule has 1 saturated heterocycles. The number of hydrazine groups is 1. The van der Waals surface area contributed by atoms with Crippen LogP contribution in [-0.2, 0) is 14.3 Å². The van der Waals surface area contributed by atoms with E-state index in [9.17, 15) is 9.59 Å². The number of fused-ring (bicyclic) bond motifs is 1. The predicted molar refractivity (Wildman–Crippen MR) is 99.0 cm³/mol. The predicted octanol–water partition coefficient (Wildman–Crippen LogP) is 2.22. The second kappa shape index (κ2) is 8.64. The van der Waals surface area contributed by atoms with Crippen LogP contribution in [0, 0.1) is 5.92 Å². The molecule has 1 heterocycles. The summed E-state index contributed by atoms with van der Waals surface area (Å²) >= 11 is 0. The third-order valence-corrected chi connectivity index (χ3v) is 5.21. The molecule has 0 aromatic heterocycles. The number of benzene rings is 1. The molecule has 1 aliphatic carbocycles. The van der Waals surface area contributed by atoms with E-state index in [-0.39, 0.29) is 36.5 Å². The Balaban J connectivity index is 1.68. The molecular formula is C20H29N3O3. The first-order chi connectivity index (χ1) is 12.5. The molecule has 1 amide bonds.